The van der Waals surface area contributed by atoms with E-state index in [1.54, 1.807) is 12.0 Å². The Morgan fingerprint density at radius 1 is 1.06 bits per heavy atom. The van der Waals surface area contributed by atoms with Crippen molar-refractivity contribution in [2.45, 2.75) is 45.4 Å². The summed E-state index contributed by atoms with van der Waals surface area (Å²) in [5, 5.41) is 0. The number of piperidine rings is 1. The fraction of sp³-hybridized carbons (Fsp3) is 0.400. The average molecular weight is 470 g/mol. The van der Waals surface area contributed by atoms with E-state index in [1.165, 1.54) is 18.5 Å². The number of benzene rings is 2. The number of aromatic nitrogens is 1. The molecule has 0 spiro atoms. The summed E-state index contributed by atoms with van der Waals surface area (Å²) < 4.78 is 5.82. The summed E-state index contributed by atoms with van der Waals surface area (Å²) in [6.45, 7) is 6.72. The van der Waals surface area contributed by atoms with Crippen molar-refractivity contribution in [1.29, 1.82) is 0 Å². The van der Waals surface area contributed by atoms with Crippen molar-refractivity contribution < 1.29 is 9.53 Å². The van der Waals surface area contributed by atoms with Gasteiger partial charge in [0.05, 0.1) is 19.0 Å². The second-order valence-corrected chi connectivity index (χ2v) is 9.99. The van der Waals surface area contributed by atoms with Gasteiger partial charge in [-0.05, 0) is 54.5 Å². The van der Waals surface area contributed by atoms with E-state index in [4.69, 9.17) is 9.72 Å². The average Bonchev–Trinajstić information content (AvgIpc) is 2.97. The molecule has 3 heterocycles. The summed E-state index contributed by atoms with van der Waals surface area (Å²) in [5.74, 6) is 1.89. The standard InChI is InChI=1S/C30H35N3O2/c1-5-24-25-8-6-7-9-26(25)30(34)32(3)28-19-31-22(17-27(24)28)16-21-10-11-23(18-29(21)35-4)33-14-12-20(2)13-15-33/h6-11,17-20,24H,5,12-16H2,1-4H3. The van der Waals surface area contributed by atoms with Gasteiger partial charge in [0, 0.05) is 61.1 Å². The number of hydrogen-bond acceptors (Lipinski definition) is 4. The van der Waals surface area contributed by atoms with E-state index in [-0.39, 0.29) is 11.8 Å². The van der Waals surface area contributed by atoms with Gasteiger partial charge in [-0.15, -0.1) is 0 Å². The van der Waals surface area contributed by atoms with Crippen LogP contribution in [0.3, 0.4) is 0 Å². The third kappa shape index (κ3) is 4.40. The van der Waals surface area contributed by atoms with Crippen LogP contribution in [0.2, 0.25) is 0 Å². The van der Waals surface area contributed by atoms with Crippen molar-refractivity contribution in [2.75, 3.05) is 37.0 Å². The Balaban J connectivity index is 1.47. The lowest BCUT2D eigenvalue weighted by molar-refractivity contribution is 0.0993. The molecular weight excluding hydrogens is 434 g/mol. The number of fused-ring (bicyclic) bond motifs is 2. The van der Waals surface area contributed by atoms with Gasteiger partial charge in [-0.1, -0.05) is 38.1 Å². The first-order chi connectivity index (χ1) is 17.0. The summed E-state index contributed by atoms with van der Waals surface area (Å²) in [6.07, 6.45) is 5.95. The Hall–Kier alpha value is -3.34. The van der Waals surface area contributed by atoms with E-state index >= 15 is 0 Å². The number of rotatable bonds is 5. The fourth-order valence-corrected chi connectivity index (χ4v) is 5.60. The number of carbonyl (C=O) groups excluding carboxylic acids is 1. The lowest BCUT2D eigenvalue weighted by Crippen LogP contribution is -2.32. The first-order valence-electron chi connectivity index (χ1n) is 12.8. The number of carbonyl (C=O) groups is 1. The number of anilines is 2. The molecule has 5 rings (SSSR count). The van der Waals surface area contributed by atoms with E-state index in [0.717, 1.165) is 64.8 Å². The monoisotopic (exact) mass is 469 g/mol. The molecule has 182 valence electrons. The minimum absolute atomic E-state index is 0.0247. The number of nitrogens with zero attached hydrogens (tertiary/aromatic N) is 3. The highest BCUT2D eigenvalue weighted by Crippen LogP contribution is 2.40. The molecule has 5 heteroatoms. The smallest absolute Gasteiger partial charge is 0.258 e. The van der Waals surface area contributed by atoms with Gasteiger partial charge < -0.3 is 14.5 Å². The van der Waals surface area contributed by atoms with Gasteiger partial charge in [-0.25, -0.2) is 0 Å². The van der Waals surface area contributed by atoms with Crippen LogP contribution in [-0.4, -0.2) is 38.1 Å². The molecule has 1 atom stereocenters. The van der Waals surface area contributed by atoms with Gasteiger partial charge in [0.2, 0.25) is 0 Å². The molecule has 0 N–H and O–H groups in total. The van der Waals surface area contributed by atoms with Gasteiger partial charge in [0.25, 0.3) is 5.91 Å². The molecule has 35 heavy (non-hydrogen) atoms. The van der Waals surface area contributed by atoms with Gasteiger partial charge in [0.1, 0.15) is 5.75 Å². The molecule has 2 aliphatic rings. The minimum Gasteiger partial charge on any atom is -0.496 e. The summed E-state index contributed by atoms with van der Waals surface area (Å²) >= 11 is 0. The van der Waals surface area contributed by atoms with Crippen molar-refractivity contribution in [2.24, 2.45) is 5.92 Å². The van der Waals surface area contributed by atoms with Gasteiger partial charge in [-0.3, -0.25) is 9.78 Å². The van der Waals surface area contributed by atoms with Crippen molar-refractivity contribution >= 4 is 17.3 Å². The summed E-state index contributed by atoms with van der Waals surface area (Å²) in [5.41, 5.74) is 7.28. The van der Waals surface area contributed by atoms with Crippen molar-refractivity contribution in [3.8, 4) is 5.75 Å². The topological polar surface area (TPSA) is 45.7 Å². The van der Waals surface area contributed by atoms with Crippen LogP contribution in [0.25, 0.3) is 0 Å². The van der Waals surface area contributed by atoms with Crippen LogP contribution >= 0.6 is 0 Å². The zero-order valence-electron chi connectivity index (χ0n) is 21.3. The van der Waals surface area contributed by atoms with Gasteiger partial charge in [0.15, 0.2) is 0 Å². The zero-order valence-corrected chi connectivity index (χ0v) is 21.3. The molecule has 1 aromatic heterocycles. The summed E-state index contributed by atoms with van der Waals surface area (Å²) in [7, 11) is 3.59. The summed E-state index contributed by atoms with van der Waals surface area (Å²) in [4.78, 5) is 22.2. The second-order valence-electron chi connectivity index (χ2n) is 9.99. The van der Waals surface area contributed by atoms with E-state index in [1.807, 2.05) is 31.4 Å². The highest BCUT2D eigenvalue weighted by atomic mass is 16.5. The van der Waals surface area contributed by atoms with Crippen LogP contribution in [0.4, 0.5) is 11.4 Å². The quantitative estimate of drug-likeness (QED) is 0.456. The predicted octanol–water partition coefficient (Wildman–Crippen LogP) is 6.05. The number of hydrogen-bond donors (Lipinski definition) is 0. The lowest BCUT2D eigenvalue weighted by Gasteiger charge is -2.32. The Morgan fingerprint density at radius 3 is 2.57 bits per heavy atom. The molecule has 3 aromatic rings. The molecule has 2 aromatic carbocycles. The number of ether oxygens (including phenoxy) is 1. The van der Waals surface area contributed by atoms with E-state index in [9.17, 15) is 4.79 Å². The minimum atomic E-state index is 0.0247. The highest BCUT2D eigenvalue weighted by Gasteiger charge is 2.30. The van der Waals surface area contributed by atoms with E-state index in [0.29, 0.717) is 6.42 Å². The van der Waals surface area contributed by atoms with Gasteiger partial charge in [-0.2, -0.15) is 0 Å². The number of pyridine rings is 1. The third-order valence-electron chi connectivity index (χ3n) is 7.78. The lowest BCUT2D eigenvalue weighted by atomic mass is 9.86. The molecule has 0 radical (unpaired) electrons. The van der Waals surface area contributed by atoms with Crippen LogP contribution in [0.5, 0.6) is 5.75 Å². The largest absolute Gasteiger partial charge is 0.496 e. The molecule has 0 saturated carbocycles. The van der Waals surface area contributed by atoms with Gasteiger partial charge >= 0.3 is 0 Å². The Labute approximate surface area is 208 Å². The second kappa shape index (κ2) is 9.73. The number of methoxy groups -OCH3 is 1. The molecule has 5 nitrogen and oxygen atoms in total. The Morgan fingerprint density at radius 2 is 1.83 bits per heavy atom. The predicted molar refractivity (Wildman–Crippen MR) is 142 cm³/mol. The Kier molecular flexibility index (Phi) is 6.50. The highest BCUT2D eigenvalue weighted by molar-refractivity contribution is 6.08. The van der Waals surface area contributed by atoms with E-state index in [2.05, 4.69) is 49.1 Å². The van der Waals surface area contributed by atoms with E-state index < -0.39 is 0 Å². The van der Waals surface area contributed by atoms with Crippen molar-refractivity contribution in [3.63, 3.8) is 0 Å². The van der Waals surface area contributed by atoms with Crippen LogP contribution < -0.4 is 14.5 Å². The number of amides is 1. The fourth-order valence-electron chi connectivity index (χ4n) is 5.60. The maximum Gasteiger partial charge on any atom is 0.258 e. The van der Waals surface area contributed by atoms with Crippen LogP contribution in [0, 0.1) is 5.92 Å². The maximum atomic E-state index is 13.2. The van der Waals surface area contributed by atoms with Crippen molar-refractivity contribution in [3.05, 3.63) is 82.7 Å². The summed E-state index contributed by atoms with van der Waals surface area (Å²) in [6, 6.07) is 16.8. The Bertz CT molecular complexity index is 1230. The first kappa shape index (κ1) is 23.4. The molecule has 0 aliphatic carbocycles. The normalized spacial score (nSPS) is 18.2. The molecule has 1 unspecified atom stereocenters. The molecule has 1 fully saturated rings. The molecule has 1 amide bonds. The van der Waals surface area contributed by atoms with Crippen LogP contribution in [0.1, 0.15) is 71.8 Å². The SMILES string of the molecule is CCC1c2ccccc2C(=O)N(C)c2cnc(Cc3ccc(N4CCC(C)CC4)cc3OC)cc21. The third-order valence-corrected chi connectivity index (χ3v) is 7.78. The van der Waals surface area contributed by atoms with Crippen LogP contribution in [-0.2, 0) is 6.42 Å². The van der Waals surface area contributed by atoms with Crippen LogP contribution in [0.15, 0.2) is 54.7 Å². The molecule has 0 bridgehead atoms. The molecular formula is C30H35N3O2. The molecule has 2 aliphatic heterocycles. The zero-order chi connectivity index (χ0) is 24.5. The van der Waals surface area contributed by atoms with Crippen molar-refractivity contribution in [1.82, 2.24) is 4.98 Å². The first-order valence-corrected chi connectivity index (χ1v) is 12.8. The molecule has 1 saturated heterocycles. The maximum absolute atomic E-state index is 13.2.